The molecule has 25 heavy (non-hydrogen) atoms. The number of nitrogens with two attached hydrogens (primary N) is 1. The summed E-state index contributed by atoms with van der Waals surface area (Å²) in [7, 11) is 0. The highest BCUT2D eigenvalue weighted by molar-refractivity contribution is 5.93. The normalized spacial score (nSPS) is 15.2. The van der Waals surface area contributed by atoms with E-state index >= 15 is 0 Å². The number of hydrogen-bond acceptors (Lipinski definition) is 2. The summed E-state index contributed by atoms with van der Waals surface area (Å²) in [5.74, 6) is 0.468. The van der Waals surface area contributed by atoms with E-state index < -0.39 is 0 Å². The molecule has 1 saturated carbocycles. The molecular formula is C22H28N2O. The van der Waals surface area contributed by atoms with E-state index in [0.717, 1.165) is 30.1 Å². The molecule has 1 aliphatic rings. The minimum atomic E-state index is -0.379. The van der Waals surface area contributed by atoms with Gasteiger partial charge in [0.2, 0.25) is 5.91 Å². The van der Waals surface area contributed by atoms with Crippen LogP contribution in [0, 0.1) is 12.8 Å². The zero-order valence-electron chi connectivity index (χ0n) is 15.1. The van der Waals surface area contributed by atoms with E-state index in [4.69, 9.17) is 5.73 Å². The van der Waals surface area contributed by atoms with Crippen molar-refractivity contribution in [3.8, 4) is 11.1 Å². The van der Waals surface area contributed by atoms with Crippen molar-refractivity contribution in [1.29, 1.82) is 0 Å². The van der Waals surface area contributed by atoms with Crippen molar-refractivity contribution in [3.63, 3.8) is 0 Å². The molecule has 0 unspecified atom stereocenters. The Morgan fingerprint density at radius 2 is 1.92 bits per heavy atom. The number of carbonyl (C=O) groups is 1. The lowest BCUT2D eigenvalue weighted by molar-refractivity contribution is 0.1000. The molecule has 0 bridgehead atoms. The predicted octanol–water partition coefficient (Wildman–Crippen LogP) is 4.43. The molecule has 0 spiro atoms. The fourth-order valence-electron chi connectivity index (χ4n) is 3.80. The molecule has 3 heteroatoms. The van der Waals surface area contributed by atoms with Gasteiger partial charge in [0, 0.05) is 12.1 Å². The van der Waals surface area contributed by atoms with Gasteiger partial charge in [-0.3, -0.25) is 4.79 Å². The minimum Gasteiger partial charge on any atom is -0.366 e. The lowest BCUT2D eigenvalue weighted by atomic mass is 9.89. The van der Waals surface area contributed by atoms with Gasteiger partial charge in [0.25, 0.3) is 0 Å². The number of rotatable bonds is 6. The Balaban J connectivity index is 1.65. The van der Waals surface area contributed by atoms with Crippen LogP contribution in [0.3, 0.4) is 0 Å². The first-order valence-electron chi connectivity index (χ1n) is 9.34. The Labute approximate surface area is 150 Å². The summed E-state index contributed by atoms with van der Waals surface area (Å²) in [4.78, 5) is 11.3. The van der Waals surface area contributed by atoms with Gasteiger partial charge in [0.15, 0.2) is 0 Å². The summed E-state index contributed by atoms with van der Waals surface area (Å²) in [5, 5.41) is 3.63. The maximum Gasteiger partial charge on any atom is 0.248 e. The second kappa shape index (κ2) is 8.30. The van der Waals surface area contributed by atoms with Crippen LogP contribution < -0.4 is 11.1 Å². The molecule has 2 aromatic rings. The molecule has 0 atom stereocenters. The first-order chi connectivity index (χ1) is 12.1. The van der Waals surface area contributed by atoms with Crippen molar-refractivity contribution < 1.29 is 4.79 Å². The number of carbonyl (C=O) groups excluding carboxylic acids is 1. The van der Waals surface area contributed by atoms with E-state index in [1.165, 1.54) is 43.2 Å². The smallest absolute Gasteiger partial charge is 0.248 e. The molecule has 132 valence electrons. The van der Waals surface area contributed by atoms with Crippen molar-refractivity contribution >= 4 is 5.91 Å². The fraction of sp³-hybridized carbons (Fsp3) is 0.409. The van der Waals surface area contributed by atoms with E-state index in [-0.39, 0.29) is 5.91 Å². The summed E-state index contributed by atoms with van der Waals surface area (Å²) in [6.45, 7) is 4.05. The van der Waals surface area contributed by atoms with Gasteiger partial charge in [0.1, 0.15) is 0 Å². The monoisotopic (exact) mass is 336 g/mol. The second-order valence-corrected chi connectivity index (χ2v) is 7.23. The summed E-state index contributed by atoms with van der Waals surface area (Å²) < 4.78 is 0. The molecule has 0 saturated heterocycles. The predicted molar refractivity (Wildman–Crippen MR) is 103 cm³/mol. The number of benzene rings is 2. The van der Waals surface area contributed by atoms with Gasteiger partial charge in [-0.1, -0.05) is 43.5 Å². The van der Waals surface area contributed by atoms with Gasteiger partial charge in [-0.05, 0) is 72.7 Å². The van der Waals surface area contributed by atoms with E-state index in [1.54, 1.807) is 6.07 Å². The van der Waals surface area contributed by atoms with Crippen LogP contribution in [-0.2, 0) is 6.54 Å². The first kappa shape index (κ1) is 17.7. The number of primary amides is 1. The van der Waals surface area contributed by atoms with E-state index in [0.29, 0.717) is 5.56 Å². The maximum absolute atomic E-state index is 11.3. The van der Waals surface area contributed by atoms with E-state index in [2.05, 4.69) is 29.6 Å². The fourth-order valence-corrected chi connectivity index (χ4v) is 3.80. The van der Waals surface area contributed by atoms with Crippen molar-refractivity contribution in [3.05, 3.63) is 59.2 Å². The Hall–Kier alpha value is -2.13. The highest BCUT2D eigenvalue weighted by atomic mass is 16.1. The SMILES string of the molecule is Cc1cc(C(N)=O)ccc1-c1cccc(CNCC2CCCCC2)c1. The van der Waals surface area contributed by atoms with Crippen LogP contribution in [0.15, 0.2) is 42.5 Å². The Morgan fingerprint density at radius 1 is 1.12 bits per heavy atom. The number of aryl methyl sites for hydroxylation is 1. The molecular weight excluding hydrogens is 308 g/mol. The second-order valence-electron chi connectivity index (χ2n) is 7.23. The summed E-state index contributed by atoms with van der Waals surface area (Å²) in [5.41, 5.74) is 10.6. The van der Waals surface area contributed by atoms with Crippen LogP contribution in [0.4, 0.5) is 0 Å². The number of hydrogen-bond donors (Lipinski definition) is 2. The molecule has 3 N–H and O–H groups in total. The Kier molecular flexibility index (Phi) is 5.87. The lowest BCUT2D eigenvalue weighted by Gasteiger charge is -2.21. The molecule has 0 radical (unpaired) electrons. The largest absolute Gasteiger partial charge is 0.366 e. The van der Waals surface area contributed by atoms with Crippen LogP contribution >= 0.6 is 0 Å². The third-order valence-electron chi connectivity index (χ3n) is 5.24. The summed E-state index contributed by atoms with van der Waals surface area (Å²) in [6.07, 6.45) is 6.94. The van der Waals surface area contributed by atoms with Gasteiger partial charge >= 0.3 is 0 Å². The van der Waals surface area contributed by atoms with Gasteiger partial charge in [-0.15, -0.1) is 0 Å². The maximum atomic E-state index is 11.3. The topological polar surface area (TPSA) is 55.1 Å². The molecule has 1 aliphatic carbocycles. The van der Waals surface area contributed by atoms with Crippen molar-refractivity contribution in [2.45, 2.75) is 45.6 Å². The average molecular weight is 336 g/mol. The zero-order chi connectivity index (χ0) is 17.6. The van der Waals surface area contributed by atoms with E-state index in [9.17, 15) is 4.79 Å². The molecule has 2 aromatic carbocycles. The van der Waals surface area contributed by atoms with Crippen LogP contribution in [0.2, 0.25) is 0 Å². The van der Waals surface area contributed by atoms with Gasteiger partial charge in [0.05, 0.1) is 0 Å². The Bertz CT molecular complexity index is 733. The van der Waals surface area contributed by atoms with Gasteiger partial charge < -0.3 is 11.1 Å². The first-order valence-corrected chi connectivity index (χ1v) is 9.34. The molecule has 3 rings (SSSR count). The molecule has 3 nitrogen and oxygen atoms in total. The van der Waals surface area contributed by atoms with Crippen molar-refractivity contribution in [2.24, 2.45) is 11.7 Å². The zero-order valence-corrected chi connectivity index (χ0v) is 15.1. The quantitative estimate of drug-likeness (QED) is 0.820. The van der Waals surface area contributed by atoms with Crippen LogP contribution in [-0.4, -0.2) is 12.5 Å². The molecule has 0 aromatic heterocycles. The summed E-state index contributed by atoms with van der Waals surface area (Å²) >= 11 is 0. The summed E-state index contributed by atoms with van der Waals surface area (Å²) in [6, 6.07) is 14.3. The van der Waals surface area contributed by atoms with Crippen molar-refractivity contribution in [2.75, 3.05) is 6.54 Å². The van der Waals surface area contributed by atoms with Crippen LogP contribution in [0.1, 0.15) is 53.6 Å². The third-order valence-corrected chi connectivity index (χ3v) is 5.24. The van der Waals surface area contributed by atoms with Crippen LogP contribution in [0.25, 0.3) is 11.1 Å². The van der Waals surface area contributed by atoms with E-state index in [1.807, 2.05) is 19.1 Å². The third kappa shape index (κ3) is 4.70. The van der Waals surface area contributed by atoms with Gasteiger partial charge in [-0.25, -0.2) is 0 Å². The molecule has 0 heterocycles. The number of nitrogens with one attached hydrogen (secondary N) is 1. The molecule has 1 amide bonds. The minimum absolute atomic E-state index is 0.379. The Morgan fingerprint density at radius 3 is 2.64 bits per heavy atom. The highest BCUT2D eigenvalue weighted by Gasteiger charge is 2.12. The highest BCUT2D eigenvalue weighted by Crippen LogP contribution is 2.26. The van der Waals surface area contributed by atoms with Crippen LogP contribution in [0.5, 0.6) is 0 Å². The average Bonchev–Trinajstić information content (AvgIpc) is 2.63. The van der Waals surface area contributed by atoms with Crippen molar-refractivity contribution in [1.82, 2.24) is 5.32 Å². The number of amides is 1. The molecule has 1 fully saturated rings. The molecule has 0 aliphatic heterocycles. The standard InChI is InChI=1S/C22H28N2O/c1-16-12-20(22(23)25)10-11-21(16)19-9-5-8-18(13-19)15-24-14-17-6-3-2-4-7-17/h5,8-13,17,24H,2-4,6-7,14-15H2,1H3,(H2,23,25). The van der Waals surface area contributed by atoms with Gasteiger partial charge in [-0.2, -0.15) is 0 Å². The lowest BCUT2D eigenvalue weighted by Crippen LogP contribution is -2.24.